The number of nitrogens with one attached hydrogen (secondary N) is 2. The standard InChI is InChI=1S/C18H22N6O/c1-24-11-14(10-21-24)15-3-2-13-9-20-17(8-16(13)22-15)23-18(25)12-4-6-19-7-5-12/h2-3,8-10,12,14,19H,4-7,11H2,1H3,(H,20,23,25). The summed E-state index contributed by atoms with van der Waals surface area (Å²) >= 11 is 0. The average molecular weight is 338 g/mol. The van der Waals surface area contributed by atoms with Crippen LogP contribution in [0.15, 0.2) is 29.5 Å². The third kappa shape index (κ3) is 3.46. The van der Waals surface area contributed by atoms with Crippen molar-refractivity contribution in [2.75, 3.05) is 32.0 Å². The van der Waals surface area contributed by atoms with E-state index in [1.54, 1.807) is 6.20 Å². The van der Waals surface area contributed by atoms with E-state index in [-0.39, 0.29) is 17.7 Å². The Morgan fingerprint density at radius 2 is 2.16 bits per heavy atom. The van der Waals surface area contributed by atoms with Crippen LogP contribution in [0.5, 0.6) is 0 Å². The zero-order chi connectivity index (χ0) is 17.2. The fraction of sp³-hybridized carbons (Fsp3) is 0.444. The zero-order valence-corrected chi connectivity index (χ0v) is 14.3. The summed E-state index contributed by atoms with van der Waals surface area (Å²) in [5.74, 6) is 0.880. The summed E-state index contributed by atoms with van der Waals surface area (Å²) in [7, 11) is 1.95. The first-order valence-electron chi connectivity index (χ1n) is 8.72. The van der Waals surface area contributed by atoms with Crippen molar-refractivity contribution >= 4 is 28.8 Å². The fourth-order valence-corrected chi connectivity index (χ4v) is 3.36. The molecular weight excluding hydrogens is 316 g/mol. The second-order valence-corrected chi connectivity index (χ2v) is 6.72. The van der Waals surface area contributed by atoms with E-state index in [0.717, 1.165) is 49.1 Å². The van der Waals surface area contributed by atoms with Crippen molar-refractivity contribution in [2.24, 2.45) is 11.0 Å². The average Bonchev–Trinajstić information content (AvgIpc) is 3.08. The van der Waals surface area contributed by atoms with Crippen LogP contribution in [-0.2, 0) is 4.79 Å². The molecule has 1 unspecified atom stereocenters. The van der Waals surface area contributed by atoms with Gasteiger partial charge in [-0.2, -0.15) is 5.10 Å². The van der Waals surface area contributed by atoms with Crippen LogP contribution in [0.2, 0.25) is 0 Å². The van der Waals surface area contributed by atoms with E-state index in [1.807, 2.05) is 36.5 Å². The summed E-state index contributed by atoms with van der Waals surface area (Å²) in [6.07, 6.45) is 5.43. The molecule has 0 radical (unpaired) electrons. The number of amides is 1. The van der Waals surface area contributed by atoms with Crippen LogP contribution in [0.4, 0.5) is 5.82 Å². The number of carbonyl (C=O) groups excluding carboxylic acids is 1. The molecule has 4 heterocycles. The fourth-order valence-electron chi connectivity index (χ4n) is 3.36. The molecule has 2 N–H and O–H groups in total. The Hall–Kier alpha value is -2.54. The lowest BCUT2D eigenvalue weighted by atomic mass is 9.97. The van der Waals surface area contributed by atoms with Crippen LogP contribution < -0.4 is 10.6 Å². The predicted octanol–water partition coefficient (Wildman–Crippen LogP) is 1.58. The highest BCUT2D eigenvalue weighted by Crippen LogP contribution is 2.22. The second-order valence-electron chi connectivity index (χ2n) is 6.72. The smallest absolute Gasteiger partial charge is 0.228 e. The van der Waals surface area contributed by atoms with E-state index in [2.05, 4.69) is 20.7 Å². The molecule has 0 aliphatic carbocycles. The second kappa shape index (κ2) is 6.76. The number of nitrogens with zero attached hydrogens (tertiary/aromatic N) is 4. The third-order valence-corrected chi connectivity index (χ3v) is 4.84. The summed E-state index contributed by atoms with van der Waals surface area (Å²) in [5, 5.41) is 13.4. The Kier molecular flexibility index (Phi) is 4.31. The van der Waals surface area contributed by atoms with Gasteiger partial charge in [-0.05, 0) is 38.1 Å². The highest BCUT2D eigenvalue weighted by Gasteiger charge is 2.22. The number of likely N-dealkylation sites (N-methyl/N-ethyl adjacent to an activating group) is 1. The number of carbonyl (C=O) groups is 1. The Bertz CT molecular complexity index is 814. The first kappa shape index (κ1) is 16.0. The summed E-state index contributed by atoms with van der Waals surface area (Å²) in [6.45, 7) is 2.62. The van der Waals surface area contributed by atoms with Gasteiger partial charge in [0.05, 0.1) is 17.1 Å². The van der Waals surface area contributed by atoms with Crippen molar-refractivity contribution in [3.8, 4) is 0 Å². The molecule has 4 rings (SSSR count). The van der Waals surface area contributed by atoms with Gasteiger partial charge in [-0.3, -0.25) is 14.8 Å². The van der Waals surface area contributed by atoms with Crippen molar-refractivity contribution in [1.29, 1.82) is 0 Å². The minimum atomic E-state index is 0.0501. The largest absolute Gasteiger partial charge is 0.317 e. The number of pyridine rings is 2. The molecule has 2 aliphatic heterocycles. The number of fused-ring (bicyclic) bond motifs is 1. The highest BCUT2D eigenvalue weighted by molar-refractivity contribution is 5.93. The van der Waals surface area contributed by atoms with Crippen LogP contribution in [0.1, 0.15) is 24.5 Å². The summed E-state index contributed by atoms with van der Waals surface area (Å²) in [5.41, 5.74) is 1.83. The minimum absolute atomic E-state index is 0.0501. The van der Waals surface area contributed by atoms with Crippen LogP contribution in [0, 0.1) is 5.92 Å². The molecular formula is C18H22N6O. The van der Waals surface area contributed by atoms with Gasteiger partial charge in [0.2, 0.25) is 5.91 Å². The summed E-state index contributed by atoms with van der Waals surface area (Å²) < 4.78 is 0. The molecule has 25 heavy (non-hydrogen) atoms. The van der Waals surface area contributed by atoms with E-state index in [0.29, 0.717) is 5.82 Å². The van der Waals surface area contributed by atoms with Gasteiger partial charge in [0, 0.05) is 43.4 Å². The zero-order valence-electron chi connectivity index (χ0n) is 14.3. The van der Waals surface area contributed by atoms with Crippen molar-refractivity contribution in [1.82, 2.24) is 20.3 Å². The maximum Gasteiger partial charge on any atom is 0.228 e. The van der Waals surface area contributed by atoms with Gasteiger partial charge in [-0.1, -0.05) is 0 Å². The first-order valence-corrected chi connectivity index (χ1v) is 8.72. The monoisotopic (exact) mass is 338 g/mol. The minimum Gasteiger partial charge on any atom is -0.317 e. The van der Waals surface area contributed by atoms with Crippen molar-refractivity contribution in [3.63, 3.8) is 0 Å². The molecule has 2 aromatic heterocycles. The number of piperidine rings is 1. The van der Waals surface area contributed by atoms with Gasteiger partial charge >= 0.3 is 0 Å². The number of aromatic nitrogens is 2. The van der Waals surface area contributed by atoms with Crippen LogP contribution >= 0.6 is 0 Å². The molecule has 0 saturated carbocycles. The van der Waals surface area contributed by atoms with E-state index in [4.69, 9.17) is 4.98 Å². The molecule has 2 aromatic rings. The number of hydrogen-bond donors (Lipinski definition) is 2. The lowest BCUT2D eigenvalue weighted by Crippen LogP contribution is -2.34. The molecule has 0 spiro atoms. The molecule has 2 aliphatic rings. The predicted molar refractivity (Wildman–Crippen MR) is 97.6 cm³/mol. The Morgan fingerprint density at radius 1 is 1.32 bits per heavy atom. The lowest BCUT2D eigenvalue weighted by Gasteiger charge is -2.21. The molecule has 1 amide bonds. The molecule has 7 heteroatoms. The van der Waals surface area contributed by atoms with Crippen molar-refractivity contribution < 1.29 is 4.79 Å². The van der Waals surface area contributed by atoms with Crippen LogP contribution in [-0.4, -0.2) is 53.8 Å². The normalized spacial score (nSPS) is 21.0. The summed E-state index contributed by atoms with van der Waals surface area (Å²) in [6, 6.07) is 5.90. The molecule has 1 atom stereocenters. The number of hydrogen-bond acceptors (Lipinski definition) is 6. The molecule has 1 saturated heterocycles. The molecule has 0 aromatic carbocycles. The quantitative estimate of drug-likeness (QED) is 0.888. The van der Waals surface area contributed by atoms with Gasteiger partial charge in [0.25, 0.3) is 0 Å². The van der Waals surface area contributed by atoms with Crippen molar-refractivity contribution in [3.05, 3.63) is 30.1 Å². The van der Waals surface area contributed by atoms with E-state index in [1.165, 1.54) is 0 Å². The van der Waals surface area contributed by atoms with E-state index < -0.39 is 0 Å². The molecule has 130 valence electrons. The number of anilines is 1. The topological polar surface area (TPSA) is 82.5 Å². The molecule has 0 bridgehead atoms. The molecule has 1 fully saturated rings. The third-order valence-electron chi connectivity index (χ3n) is 4.84. The van der Waals surface area contributed by atoms with Crippen LogP contribution in [0.25, 0.3) is 10.9 Å². The molecule has 7 nitrogen and oxygen atoms in total. The van der Waals surface area contributed by atoms with E-state index >= 15 is 0 Å². The number of rotatable bonds is 3. The van der Waals surface area contributed by atoms with Gasteiger partial charge in [0.1, 0.15) is 5.82 Å². The Labute approximate surface area is 146 Å². The van der Waals surface area contributed by atoms with Gasteiger partial charge < -0.3 is 10.6 Å². The van der Waals surface area contributed by atoms with E-state index in [9.17, 15) is 4.79 Å². The van der Waals surface area contributed by atoms with Crippen molar-refractivity contribution in [2.45, 2.75) is 18.8 Å². The Morgan fingerprint density at radius 3 is 2.92 bits per heavy atom. The maximum absolute atomic E-state index is 12.4. The van der Waals surface area contributed by atoms with Crippen LogP contribution in [0.3, 0.4) is 0 Å². The number of hydrazone groups is 1. The Balaban J connectivity index is 1.54. The lowest BCUT2D eigenvalue weighted by molar-refractivity contribution is -0.120. The van der Waals surface area contributed by atoms with Gasteiger partial charge in [0.15, 0.2) is 0 Å². The SMILES string of the molecule is CN1CC(c2ccc3cnc(NC(=O)C4CCNCC4)cc3n2)C=N1. The highest BCUT2D eigenvalue weighted by atomic mass is 16.1. The first-order chi connectivity index (χ1) is 12.2. The van der Waals surface area contributed by atoms with Gasteiger partial charge in [-0.25, -0.2) is 4.98 Å². The maximum atomic E-state index is 12.4. The summed E-state index contributed by atoms with van der Waals surface area (Å²) in [4.78, 5) is 21.5. The van der Waals surface area contributed by atoms with Gasteiger partial charge in [-0.15, -0.1) is 0 Å².